The Labute approximate surface area is 130 Å². The number of rotatable bonds is 3. The normalized spacial score (nSPS) is 22.5. The molecular weight excluding hydrogens is 304 g/mol. The molecule has 0 spiro atoms. The number of benzene rings is 1. The molecule has 0 amide bonds. The minimum absolute atomic E-state index is 0.174. The van der Waals surface area contributed by atoms with E-state index in [1.54, 1.807) is 12.1 Å². The van der Waals surface area contributed by atoms with E-state index >= 15 is 0 Å². The summed E-state index contributed by atoms with van der Waals surface area (Å²) in [5.41, 5.74) is 0.517. The number of guanidine groups is 1. The fraction of sp³-hybridized carbons (Fsp3) is 0.500. The van der Waals surface area contributed by atoms with Crippen molar-refractivity contribution in [1.82, 2.24) is 10.0 Å². The van der Waals surface area contributed by atoms with Crippen molar-refractivity contribution in [3.63, 3.8) is 0 Å². The van der Waals surface area contributed by atoms with Crippen LogP contribution in [0.3, 0.4) is 0 Å². The van der Waals surface area contributed by atoms with Gasteiger partial charge in [-0.1, -0.05) is 0 Å². The van der Waals surface area contributed by atoms with Crippen molar-refractivity contribution in [2.24, 2.45) is 10.9 Å². The molecule has 3 rings (SSSR count). The molecule has 1 fully saturated rings. The number of anilines is 1. The summed E-state index contributed by atoms with van der Waals surface area (Å²) in [4.78, 5) is 4.57. The minimum atomic E-state index is -3.61. The number of sulfonamides is 1. The number of nitrogens with zero attached hydrogens (tertiary/aromatic N) is 1. The molecule has 1 aromatic rings. The summed E-state index contributed by atoms with van der Waals surface area (Å²) in [7, 11) is -2.11. The predicted octanol–water partition coefficient (Wildman–Crippen LogP) is 0.755. The summed E-state index contributed by atoms with van der Waals surface area (Å²) >= 11 is 0. The second-order valence-corrected chi connectivity index (χ2v) is 7.13. The van der Waals surface area contributed by atoms with Crippen molar-refractivity contribution in [2.45, 2.75) is 17.7 Å². The number of aliphatic imine (C=N–C) groups is 1. The fourth-order valence-corrected chi connectivity index (χ4v) is 3.81. The lowest BCUT2D eigenvalue weighted by molar-refractivity contribution is 0.383. The molecule has 22 heavy (non-hydrogen) atoms. The Morgan fingerprint density at radius 1 is 1.32 bits per heavy atom. The summed E-state index contributed by atoms with van der Waals surface area (Å²) in [6.07, 6.45) is 2.13. The average molecular weight is 324 g/mol. The van der Waals surface area contributed by atoms with E-state index in [0.29, 0.717) is 23.9 Å². The molecular formula is C14H20N4O3S. The van der Waals surface area contributed by atoms with Gasteiger partial charge in [0.15, 0.2) is 0 Å². The van der Waals surface area contributed by atoms with Gasteiger partial charge in [0.2, 0.25) is 5.96 Å². The highest BCUT2D eigenvalue weighted by molar-refractivity contribution is 7.90. The van der Waals surface area contributed by atoms with E-state index < -0.39 is 10.0 Å². The molecule has 2 aliphatic rings. The maximum Gasteiger partial charge on any atom is 0.266 e. The second kappa shape index (κ2) is 6.13. The molecule has 7 nitrogen and oxygen atoms in total. The number of fused-ring (bicyclic) bond motifs is 1. The second-order valence-electron chi connectivity index (χ2n) is 5.48. The van der Waals surface area contributed by atoms with Gasteiger partial charge < -0.3 is 15.4 Å². The first-order valence-corrected chi connectivity index (χ1v) is 8.80. The summed E-state index contributed by atoms with van der Waals surface area (Å²) in [5.74, 6) is 1.29. The molecule has 120 valence electrons. The van der Waals surface area contributed by atoms with Gasteiger partial charge in [0.05, 0.1) is 12.8 Å². The van der Waals surface area contributed by atoms with Crippen LogP contribution < -0.4 is 20.1 Å². The molecule has 1 saturated heterocycles. The highest BCUT2D eigenvalue weighted by Gasteiger charge is 2.27. The van der Waals surface area contributed by atoms with Crippen LogP contribution in [0.5, 0.6) is 5.75 Å². The molecule has 1 aromatic carbocycles. The predicted molar refractivity (Wildman–Crippen MR) is 84.8 cm³/mol. The SMILES string of the molecule is COc1ccc2c(c1)S(=O)(=O)NC(=NCC1CCNCC1)N2. The third-order valence-electron chi connectivity index (χ3n) is 3.93. The Bertz CT molecular complexity index is 681. The van der Waals surface area contributed by atoms with Crippen molar-refractivity contribution in [3.8, 4) is 5.75 Å². The minimum Gasteiger partial charge on any atom is -0.497 e. The van der Waals surface area contributed by atoms with Crippen molar-refractivity contribution in [3.05, 3.63) is 18.2 Å². The number of methoxy groups -OCH3 is 1. The van der Waals surface area contributed by atoms with Gasteiger partial charge >= 0.3 is 0 Å². The Hall–Kier alpha value is -1.80. The molecule has 0 bridgehead atoms. The third-order valence-corrected chi connectivity index (χ3v) is 5.31. The molecule has 0 atom stereocenters. The molecule has 0 radical (unpaired) electrons. The summed E-state index contributed by atoms with van der Waals surface area (Å²) in [5, 5.41) is 6.33. The van der Waals surface area contributed by atoms with Gasteiger partial charge in [0.25, 0.3) is 10.0 Å². The Balaban J connectivity index is 1.79. The zero-order valence-electron chi connectivity index (χ0n) is 12.4. The van der Waals surface area contributed by atoms with Crippen LogP contribution >= 0.6 is 0 Å². The maximum absolute atomic E-state index is 12.3. The van der Waals surface area contributed by atoms with Crippen LogP contribution in [-0.2, 0) is 10.0 Å². The van der Waals surface area contributed by atoms with E-state index in [-0.39, 0.29) is 10.9 Å². The first kappa shape index (κ1) is 15.1. The maximum atomic E-state index is 12.3. The first-order chi connectivity index (χ1) is 10.6. The molecule has 2 aliphatic heterocycles. The summed E-state index contributed by atoms with van der Waals surface area (Å²) < 4.78 is 32.2. The smallest absolute Gasteiger partial charge is 0.266 e. The van der Waals surface area contributed by atoms with Crippen molar-refractivity contribution in [1.29, 1.82) is 0 Å². The lowest BCUT2D eigenvalue weighted by atomic mass is 9.99. The standard InChI is InChI=1S/C14H20N4O3S/c1-21-11-2-3-12-13(8-11)22(19,20)18-14(17-12)16-9-10-4-6-15-7-5-10/h2-3,8,10,15H,4-7,9H2,1H3,(H2,16,17,18). The third kappa shape index (κ3) is 3.17. The van der Waals surface area contributed by atoms with Gasteiger partial charge in [-0.15, -0.1) is 0 Å². The van der Waals surface area contributed by atoms with Gasteiger partial charge in [-0.3, -0.25) is 4.99 Å². The number of piperidine rings is 1. The molecule has 3 N–H and O–H groups in total. The number of ether oxygens (including phenoxy) is 1. The van der Waals surface area contributed by atoms with Gasteiger partial charge in [-0.25, -0.2) is 13.1 Å². The number of nitrogens with one attached hydrogen (secondary N) is 3. The van der Waals surface area contributed by atoms with E-state index in [1.165, 1.54) is 13.2 Å². The van der Waals surface area contributed by atoms with Crippen LogP contribution in [0.15, 0.2) is 28.1 Å². The van der Waals surface area contributed by atoms with Crippen LogP contribution in [0.2, 0.25) is 0 Å². The molecule has 0 saturated carbocycles. The summed E-state index contributed by atoms with van der Waals surface area (Å²) in [6, 6.07) is 4.90. The largest absolute Gasteiger partial charge is 0.497 e. The van der Waals surface area contributed by atoms with E-state index in [1.807, 2.05) is 0 Å². The number of hydrogen-bond acceptors (Lipinski definition) is 5. The quantitative estimate of drug-likeness (QED) is 0.763. The Morgan fingerprint density at radius 2 is 2.09 bits per heavy atom. The van der Waals surface area contributed by atoms with Gasteiger partial charge in [-0.2, -0.15) is 0 Å². The summed E-state index contributed by atoms with van der Waals surface area (Å²) in [6.45, 7) is 2.62. The fourth-order valence-electron chi connectivity index (χ4n) is 2.65. The van der Waals surface area contributed by atoms with E-state index in [4.69, 9.17) is 4.74 Å². The van der Waals surface area contributed by atoms with Gasteiger partial charge in [0, 0.05) is 12.6 Å². The van der Waals surface area contributed by atoms with Crippen LogP contribution in [0, 0.1) is 5.92 Å². The molecule has 0 aromatic heterocycles. The topological polar surface area (TPSA) is 91.8 Å². The molecule has 8 heteroatoms. The highest BCUT2D eigenvalue weighted by Crippen LogP contribution is 2.28. The van der Waals surface area contributed by atoms with Crippen molar-refractivity contribution >= 4 is 21.7 Å². The van der Waals surface area contributed by atoms with Crippen LogP contribution in [-0.4, -0.2) is 41.1 Å². The van der Waals surface area contributed by atoms with Crippen LogP contribution in [0.25, 0.3) is 0 Å². The Morgan fingerprint density at radius 3 is 2.82 bits per heavy atom. The van der Waals surface area contributed by atoms with Gasteiger partial charge in [0.1, 0.15) is 10.6 Å². The monoisotopic (exact) mass is 324 g/mol. The van der Waals surface area contributed by atoms with E-state index in [0.717, 1.165) is 25.9 Å². The van der Waals surface area contributed by atoms with E-state index in [2.05, 4.69) is 20.3 Å². The van der Waals surface area contributed by atoms with Gasteiger partial charge in [-0.05, 0) is 44.0 Å². The lowest BCUT2D eigenvalue weighted by Crippen LogP contribution is -2.41. The molecule has 0 unspecified atom stereocenters. The highest BCUT2D eigenvalue weighted by atomic mass is 32.2. The van der Waals surface area contributed by atoms with E-state index in [9.17, 15) is 8.42 Å². The van der Waals surface area contributed by atoms with Crippen LogP contribution in [0.4, 0.5) is 5.69 Å². The lowest BCUT2D eigenvalue weighted by Gasteiger charge is -2.24. The van der Waals surface area contributed by atoms with Crippen molar-refractivity contribution in [2.75, 3.05) is 32.1 Å². The average Bonchev–Trinajstić information content (AvgIpc) is 2.53. The van der Waals surface area contributed by atoms with Crippen molar-refractivity contribution < 1.29 is 13.2 Å². The zero-order chi connectivity index (χ0) is 15.6. The molecule has 0 aliphatic carbocycles. The molecule has 2 heterocycles. The zero-order valence-corrected chi connectivity index (χ0v) is 13.2. The Kier molecular flexibility index (Phi) is 4.21. The first-order valence-electron chi connectivity index (χ1n) is 7.31. The van der Waals surface area contributed by atoms with Crippen LogP contribution in [0.1, 0.15) is 12.8 Å². The number of hydrogen-bond donors (Lipinski definition) is 3.